The smallest absolute Gasteiger partial charge is 0.323 e. The molecule has 1 rings (SSSR count). The van der Waals surface area contributed by atoms with Crippen LogP contribution in [-0.4, -0.2) is 48.6 Å². The molecule has 0 aliphatic heterocycles. The second-order valence-electron chi connectivity index (χ2n) is 4.31. The summed E-state index contributed by atoms with van der Waals surface area (Å²) in [6.07, 6.45) is 0.256. The number of carboxylic acids is 1. The van der Waals surface area contributed by atoms with Gasteiger partial charge in [-0.3, -0.25) is 9.59 Å². The minimum absolute atomic E-state index is 0.0295. The Labute approximate surface area is 117 Å². The van der Waals surface area contributed by atoms with E-state index in [1.807, 2.05) is 12.1 Å². The van der Waals surface area contributed by atoms with Crippen LogP contribution in [0.1, 0.15) is 6.42 Å². The van der Waals surface area contributed by atoms with Gasteiger partial charge in [0.25, 0.3) is 0 Å². The summed E-state index contributed by atoms with van der Waals surface area (Å²) < 4.78 is 0. The number of rotatable bonds is 7. The van der Waals surface area contributed by atoms with E-state index in [4.69, 9.17) is 10.4 Å². The number of carbonyl (C=O) groups is 2. The SMILES string of the molecule is CN(CCC#N)C(=O)CN(CC(=O)O)c1ccccc1. The standard InChI is InChI=1S/C14H17N3O3/c1-16(9-5-8-15)13(18)10-17(11-14(19)20)12-6-3-2-4-7-12/h2-4,6-7H,5,9-11H2,1H3,(H,19,20). The molecule has 1 aromatic carbocycles. The molecule has 0 radical (unpaired) electrons. The third kappa shape index (κ3) is 4.98. The van der Waals surface area contributed by atoms with Gasteiger partial charge in [-0.25, -0.2) is 0 Å². The number of para-hydroxylation sites is 1. The maximum atomic E-state index is 12.0. The minimum Gasteiger partial charge on any atom is -0.480 e. The highest BCUT2D eigenvalue weighted by Crippen LogP contribution is 2.13. The first-order chi connectivity index (χ1) is 9.54. The van der Waals surface area contributed by atoms with Gasteiger partial charge in [-0.2, -0.15) is 5.26 Å². The Kier molecular flexibility index (Phi) is 6.04. The zero-order valence-corrected chi connectivity index (χ0v) is 11.3. The van der Waals surface area contributed by atoms with E-state index in [9.17, 15) is 9.59 Å². The average molecular weight is 275 g/mol. The summed E-state index contributed by atoms with van der Waals surface area (Å²) in [5, 5.41) is 17.4. The number of hydrogen-bond acceptors (Lipinski definition) is 4. The topological polar surface area (TPSA) is 84.6 Å². The van der Waals surface area contributed by atoms with Gasteiger partial charge < -0.3 is 14.9 Å². The van der Waals surface area contributed by atoms with E-state index in [0.717, 1.165) is 0 Å². The van der Waals surface area contributed by atoms with Crippen LogP contribution in [0.15, 0.2) is 30.3 Å². The lowest BCUT2D eigenvalue weighted by atomic mass is 10.2. The van der Waals surface area contributed by atoms with Crippen molar-refractivity contribution in [3.8, 4) is 6.07 Å². The first-order valence-corrected chi connectivity index (χ1v) is 6.17. The maximum Gasteiger partial charge on any atom is 0.323 e. The van der Waals surface area contributed by atoms with Crippen molar-refractivity contribution in [2.45, 2.75) is 6.42 Å². The molecule has 106 valence electrons. The summed E-state index contributed by atoms with van der Waals surface area (Å²) in [5.74, 6) is -1.22. The molecule has 1 amide bonds. The molecule has 1 N–H and O–H groups in total. The number of carboxylic acid groups (broad SMARTS) is 1. The van der Waals surface area contributed by atoms with Gasteiger partial charge in [-0.1, -0.05) is 18.2 Å². The lowest BCUT2D eigenvalue weighted by Crippen LogP contribution is -2.41. The highest BCUT2D eigenvalue weighted by Gasteiger charge is 2.17. The molecule has 0 spiro atoms. The number of likely N-dealkylation sites (N-methyl/N-ethyl adjacent to an activating group) is 1. The van der Waals surface area contributed by atoms with Crippen molar-refractivity contribution < 1.29 is 14.7 Å². The van der Waals surface area contributed by atoms with Crippen molar-refractivity contribution in [3.63, 3.8) is 0 Å². The van der Waals surface area contributed by atoms with Gasteiger partial charge in [0.15, 0.2) is 0 Å². The highest BCUT2D eigenvalue weighted by atomic mass is 16.4. The molecule has 0 aromatic heterocycles. The van der Waals surface area contributed by atoms with Crippen molar-refractivity contribution in [1.82, 2.24) is 4.90 Å². The number of nitriles is 1. The molecule has 6 nitrogen and oxygen atoms in total. The normalized spacial score (nSPS) is 9.60. The average Bonchev–Trinajstić information content (AvgIpc) is 2.44. The van der Waals surface area contributed by atoms with Crippen LogP contribution in [-0.2, 0) is 9.59 Å². The summed E-state index contributed by atoms with van der Waals surface area (Å²) in [7, 11) is 1.60. The number of anilines is 1. The predicted octanol–water partition coefficient (Wildman–Crippen LogP) is 0.950. The summed E-state index contributed by atoms with van der Waals surface area (Å²) in [6, 6.07) is 10.9. The fourth-order valence-electron chi connectivity index (χ4n) is 1.67. The zero-order valence-electron chi connectivity index (χ0n) is 11.3. The van der Waals surface area contributed by atoms with Crippen LogP contribution in [0, 0.1) is 11.3 Å². The first-order valence-electron chi connectivity index (χ1n) is 6.17. The summed E-state index contributed by atoms with van der Waals surface area (Å²) in [6.45, 7) is 0.0606. The van der Waals surface area contributed by atoms with E-state index in [2.05, 4.69) is 0 Å². The lowest BCUT2D eigenvalue weighted by molar-refractivity contribution is -0.135. The van der Waals surface area contributed by atoms with Gasteiger partial charge >= 0.3 is 5.97 Å². The highest BCUT2D eigenvalue weighted by molar-refractivity contribution is 5.84. The molecule has 1 aromatic rings. The first kappa shape index (κ1) is 15.5. The maximum absolute atomic E-state index is 12.0. The van der Waals surface area contributed by atoms with Crippen LogP contribution in [0.4, 0.5) is 5.69 Å². The molecule has 0 unspecified atom stereocenters. The van der Waals surface area contributed by atoms with Gasteiger partial charge in [0.05, 0.1) is 19.0 Å². The zero-order chi connectivity index (χ0) is 15.0. The fourth-order valence-corrected chi connectivity index (χ4v) is 1.67. The van der Waals surface area contributed by atoms with Gasteiger partial charge in [0.2, 0.25) is 5.91 Å². The van der Waals surface area contributed by atoms with Gasteiger partial charge in [0, 0.05) is 19.3 Å². The van der Waals surface area contributed by atoms with E-state index in [-0.39, 0.29) is 25.4 Å². The quantitative estimate of drug-likeness (QED) is 0.800. The summed E-state index contributed by atoms with van der Waals surface area (Å²) in [5.41, 5.74) is 0.678. The molecule has 0 heterocycles. The van der Waals surface area contributed by atoms with Crippen molar-refractivity contribution in [2.24, 2.45) is 0 Å². The van der Waals surface area contributed by atoms with E-state index < -0.39 is 5.97 Å². The Morgan fingerprint density at radius 2 is 1.90 bits per heavy atom. The number of benzene rings is 1. The predicted molar refractivity (Wildman–Crippen MR) is 74.2 cm³/mol. The molecule has 0 bridgehead atoms. The largest absolute Gasteiger partial charge is 0.480 e. The second-order valence-corrected chi connectivity index (χ2v) is 4.31. The number of amides is 1. The Balaban J connectivity index is 2.73. The van der Waals surface area contributed by atoms with Crippen LogP contribution < -0.4 is 4.90 Å². The van der Waals surface area contributed by atoms with Gasteiger partial charge in [0.1, 0.15) is 6.54 Å². The number of nitrogens with zero attached hydrogens (tertiary/aromatic N) is 3. The molecule has 6 heteroatoms. The number of carbonyl (C=O) groups excluding carboxylic acids is 1. The molecule has 0 fully saturated rings. The molecule has 20 heavy (non-hydrogen) atoms. The monoisotopic (exact) mass is 275 g/mol. The molecular weight excluding hydrogens is 258 g/mol. The van der Waals surface area contributed by atoms with Crippen LogP contribution >= 0.6 is 0 Å². The van der Waals surface area contributed by atoms with E-state index in [1.165, 1.54) is 9.80 Å². The fraction of sp³-hybridized carbons (Fsp3) is 0.357. The van der Waals surface area contributed by atoms with Crippen molar-refractivity contribution in [2.75, 3.05) is 31.6 Å². The van der Waals surface area contributed by atoms with E-state index >= 15 is 0 Å². The second kappa shape index (κ2) is 7.79. The Hall–Kier alpha value is -2.55. The van der Waals surface area contributed by atoms with Crippen LogP contribution in [0.5, 0.6) is 0 Å². The van der Waals surface area contributed by atoms with Crippen LogP contribution in [0.3, 0.4) is 0 Å². The molecule has 0 saturated heterocycles. The molecule has 0 aliphatic rings. The van der Waals surface area contributed by atoms with E-state index in [0.29, 0.717) is 12.2 Å². The molecule has 0 saturated carbocycles. The molecular formula is C14H17N3O3. The molecule has 0 atom stereocenters. The van der Waals surface area contributed by atoms with Crippen LogP contribution in [0.25, 0.3) is 0 Å². The third-order valence-electron chi connectivity index (χ3n) is 2.76. The minimum atomic E-state index is -0.999. The van der Waals surface area contributed by atoms with Crippen molar-refractivity contribution in [1.29, 1.82) is 5.26 Å². The summed E-state index contributed by atoms with van der Waals surface area (Å²) in [4.78, 5) is 25.8. The van der Waals surface area contributed by atoms with E-state index in [1.54, 1.807) is 31.3 Å². The van der Waals surface area contributed by atoms with Gasteiger partial charge in [-0.15, -0.1) is 0 Å². The van der Waals surface area contributed by atoms with Crippen molar-refractivity contribution >= 4 is 17.6 Å². The Morgan fingerprint density at radius 1 is 1.25 bits per heavy atom. The Morgan fingerprint density at radius 3 is 2.45 bits per heavy atom. The number of aliphatic carboxylic acids is 1. The van der Waals surface area contributed by atoms with Crippen molar-refractivity contribution in [3.05, 3.63) is 30.3 Å². The van der Waals surface area contributed by atoms with Gasteiger partial charge in [-0.05, 0) is 12.1 Å². The van der Waals surface area contributed by atoms with Crippen LogP contribution in [0.2, 0.25) is 0 Å². The lowest BCUT2D eigenvalue weighted by Gasteiger charge is -2.25. The Bertz CT molecular complexity index is 496. The summed E-state index contributed by atoms with van der Waals surface area (Å²) >= 11 is 0. The number of hydrogen-bond donors (Lipinski definition) is 1. The molecule has 0 aliphatic carbocycles. The third-order valence-corrected chi connectivity index (χ3v) is 2.76.